The summed E-state index contributed by atoms with van der Waals surface area (Å²) in [5.74, 6) is -0.839. The minimum absolute atomic E-state index is 0.0328. The second-order valence-electron chi connectivity index (χ2n) is 6.73. The van der Waals surface area contributed by atoms with Gasteiger partial charge in [0.25, 0.3) is 0 Å². The van der Waals surface area contributed by atoms with Crippen LogP contribution >= 0.6 is 31.9 Å². The molecule has 0 bridgehead atoms. The van der Waals surface area contributed by atoms with E-state index < -0.39 is 11.7 Å². The van der Waals surface area contributed by atoms with Crippen molar-refractivity contribution in [3.8, 4) is 17.2 Å². The van der Waals surface area contributed by atoms with Gasteiger partial charge in [0.15, 0.2) is 17.3 Å². The van der Waals surface area contributed by atoms with Crippen LogP contribution in [0.15, 0.2) is 37.6 Å². The summed E-state index contributed by atoms with van der Waals surface area (Å²) < 4.78 is 11.9. The van der Waals surface area contributed by atoms with E-state index in [1.165, 1.54) is 24.3 Å². The molecule has 31 heavy (non-hydrogen) atoms. The second-order valence-corrected chi connectivity index (χ2v) is 8.43. The van der Waals surface area contributed by atoms with Gasteiger partial charge in [0.1, 0.15) is 17.1 Å². The molecule has 0 aliphatic carbocycles. The lowest BCUT2D eigenvalue weighted by Gasteiger charge is -2.08. The molecule has 1 heterocycles. The van der Waals surface area contributed by atoms with E-state index in [2.05, 4.69) is 31.9 Å². The first-order chi connectivity index (χ1) is 14.7. The molecule has 5 N–H and O–H groups in total. The highest BCUT2D eigenvalue weighted by Gasteiger charge is 2.25. The number of halogens is 2. The number of nitrogens with two attached hydrogens (primary N) is 1. The van der Waals surface area contributed by atoms with Crippen molar-refractivity contribution in [3.05, 3.63) is 50.1 Å². The highest BCUT2D eigenvalue weighted by molar-refractivity contribution is 9.11. The molecular formula is C21H19Br2NO7. The van der Waals surface area contributed by atoms with Gasteiger partial charge in [-0.05, 0) is 50.1 Å². The van der Waals surface area contributed by atoms with Crippen molar-refractivity contribution in [2.75, 3.05) is 13.2 Å². The van der Waals surface area contributed by atoms with Crippen LogP contribution in [0, 0.1) is 0 Å². The number of aromatic hydroxyl groups is 2. The second kappa shape index (κ2) is 9.71. The summed E-state index contributed by atoms with van der Waals surface area (Å²) in [5, 5.41) is 29.5. The minimum atomic E-state index is -0.551. The topological polar surface area (TPSA) is 143 Å². The van der Waals surface area contributed by atoms with Crippen LogP contribution in [0.2, 0.25) is 0 Å². The first-order valence-corrected chi connectivity index (χ1v) is 10.8. The third kappa shape index (κ3) is 5.03. The minimum Gasteiger partial charge on any atom is -0.506 e. The summed E-state index contributed by atoms with van der Waals surface area (Å²) in [6.07, 6.45) is 0.440. The molecule has 8 nitrogen and oxygen atoms in total. The molecule has 1 amide bonds. The molecular weight excluding hydrogens is 538 g/mol. The van der Waals surface area contributed by atoms with Crippen molar-refractivity contribution < 1.29 is 34.1 Å². The zero-order valence-electron chi connectivity index (χ0n) is 16.2. The Morgan fingerprint density at radius 3 is 2.39 bits per heavy atom. The predicted molar refractivity (Wildman–Crippen MR) is 120 cm³/mol. The number of fused-ring (bicyclic) bond motifs is 1. The standard InChI is InChI=1S/C21H19Br2NO7/c22-12-6-10(7-13(23)21(12)29)20(28)19-11-8-14(26)17(30-5-1-4-25)9-16(11)31-15(19)2-3-18(24)27/h6-9,25-26,29H,1-5H2,(H2,24,27). The van der Waals surface area contributed by atoms with Crippen molar-refractivity contribution >= 4 is 54.5 Å². The average molecular weight is 557 g/mol. The molecule has 0 unspecified atom stereocenters. The van der Waals surface area contributed by atoms with Gasteiger partial charge in [-0.15, -0.1) is 0 Å². The average Bonchev–Trinajstić information content (AvgIpc) is 3.06. The van der Waals surface area contributed by atoms with Gasteiger partial charge >= 0.3 is 0 Å². The number of aliphatic hydroxyl groups is 1. The summed E-state index contributed by atoms with van der Waals surface area (Å²) in [6.45, 7) is 0.129. The van der Waals surface area contributed by atoms with Gasteiger partial charge in [0.05, 0.1) is 21.1 Å². The lowest BCUT2D eigenvalue weighted by molar-refractivity contribution is -0.118. The number of phenolic OH excluding ortho intramolecular Hbond substituents is 2. The lowest BCUT2D eigenvalue weighted by Crippen LogP contribution is -2.12. The van der Waals surface area contributed by atoms with Crippen LogP contribution in [0.5, 0.6) is 17.2 Å². The van der Waals surface area contributed by atoms with Gasteiger partial charge in [-0.2, -0.15) is 0 Å². The number of ketones is 1. The maximum absolute atomic E-state index is 13.4. The van der Waals surface area contributed by atoms with Crippen LogP contribution in [0.25, 0.3) is 11.0 Å². The number of aryl methyl sites for hydroxylation is 1. The Labute approximate surface area is 193 Å². The Balaban J connectivity index is 2.12. The zero-order valence-corrected chi connectivity index (χ0v) is 19.3. The fourth-order valence-electron chi connectivity index (χ4n) is 3.03. The van der Waals surface area contributed by atoms with Crippen molar-refractivity contribution in [3.63, 3.8) is 0 Å². The third-order valence-electron chi connectivity index (χ3n) is 4.51. The number of carbonyl (C=O) groups excluding carboxylic acids is 2. The van der Waals surface area contributed by atoms with Crippen LogP contribution in [0.3, 0.4) is 0 Å². The van der Waals surface area contributed by atoms with Crippen molar-refractivity contribution in [2.45, 2.75) is 19.3 Å². The van der Waals surface area contributed by atoms with Gasteiger partial charge in [0.2, 0.25) is 5.91 Å². The Bertz CT molecular complexity index is 1130. The van der Waals surface area contributed by atoms with Crippen molar-refractivity contribution in [1.29, 1.82) is 0 Å². The Morgan fingerprint density at radius 2 is 1.77 bits per heavy atom. The molecule has 0 spiro atoms. The molecule has 164 valence electrons. The summed E-state index contributed by atoms with van der Waals surface area (Å²) >= 11 is 6.41. The number of aliphatic hydroxyl groups excluding tert-OH is 1. The lowest BCUT2D eigenvalue weighted by atomic mass is 9.98. The van der Waals surface area contributed by atoms with E-state index in [4.69, 9.17) is 20.0 Å². The Morgan fingerprint density at radius 1 is 1.10 bits per heavy atom. The molecule has 0 aliphatic heterocycles. The van der Waals surface area contributed by atoms with E-state index in [-0.39, 0.29) is 65.8 Å². The van der Waals surface area contributed by atoms with Crippen molar-refractivity contribution in [1.82, 2.24) is 0 Å². The number of rotatable bonds is 9. The molecule has 0 atom stereocenters. The van der Waals surface area contributed by atoms with Gasteiger partial charge in [-0.3, -0.25) is 9.59 Å². The van der Waals surface area contributed by atoms with Gasteiger partial charge in [0, 0.05) is 42.9 Å². The van der Waals surface area contributed by atoms with E-state index in [9.17, 15) is 19.8 Å². The number of benzene rings is 2. The summed E-state index contributed by atoms with van der Waals surface area (Å²) in [6, 6.07) is 5.74. The molecule has 3 rings (SSSR count). The largest absolute Gasteiger partial charge is 0.506 e. The third-order valence-corrected chi connectivity index (χ3v) is 5.72. The maximum atomic E-state index is 13.4. The summed E-state index contributed by atoms with van der Waals surface area (Å²) in [5.41, 5.74) is 5.98. The van der Waals surface area contributed by atoms with E-state index in [0.717, 1.165) is 0 Å². The van der Waals surface area contributed by atoms with E-state index in [0.29, 0.717) is 20.8 Å². The van der Waals surface area contributed by atoms with Crippen LogP contribution in [-0.2, 0) is 11.2 Å². The summed E-state index contributed by atoms with van der Waals surface area (Å²) in [7, 11) is 0. The number of ether oxygens (including phenoxy) is 1. The fraction of sp³-hybridized carbons (Fsp3) is 0.238. The molecule has 0 radical (unpaired) electrons. The number of primary amides is 1. The molecule has 0 aliphatic rings. The normalized spacial score (nSPS) is 11.1. The number of phenols is 2. The van der Waals surface area contributed by atoms with Gasteiger partial charge in [-0.1, -0.05) is 0 Å². The molecule has 10 heteroatoms. The first-order valence-electron chi connectivity index (χ1n) is 9.26. The molecule has 0 saturated carbocycles. The van der Waals surface area contributed by atoms with E-state index >= 15 is 0 Å². The SMILES string of the molecule is NC(=O)CCc1oc2cc(OCCCO)c(O)cc2c1C(=O)c1cc(Br)c(O)c(Br)c1. The maximum Gasteiger partial charge on any atom is 0.217 e. The van der Waals surface area contributed by atoms with Crippen LogP contribution in [0.4, 0.5) is 0 Å². The monoisotopic (exact) mass is 555 g/mol. The number of furan rings is 1. The zero-order chi connectivity index (χ0) is 22.7. The smallest absolute Gasteiger partial charge is 0.217 e. The van der Waals surface area contributed by atoms with E-state index in [1.807, 2.05) is 0 Å². The molecule has 0 fully saturated rings. The number of carbonyl (C=O) groups is 2. The predicted octanol–water partition coefficient (Wildman–Crippen LogP) is 3.78. The Hall–Kier alpha value is -2.56. The fourth-order valence-corrected chi connectivity index (χ4v) is 4.21. The number of hydrogen-bond acceptors (Lipinski definition) is 7. The van der Waals surface area contributed by atoms with Crippen LogP contribution < -0.4 is 10.5 Å². The highest BCUT2D eigenvalue weighted by atomic mass is 79.9. The van der Waals surface area contributed by atoms with Crippen LogP contribution in [-0.4, -0.2) is 40.2 Å². The summed E-state index contributed by atoms with van der Waals surface area (Å²) in [4.78, 5) is 24.7. The van der Waals surface area contributed by atoms with E-state index in [1.54, 1.807) is 0 Å². The molecule has 1 aromatic heterocycles. The Kier molecular flexibility index (Phi) is 7.24. The quantitative estimate of drug-likeness (QED) is 0.232. The molecule has 0 saturated heterocycles. The van der Waals surface area contributed by atoms with Crippen LogP contribution in [0.1, 0.15) is 34.5 Å². The van der Waals surface area contributed by atoms with Gasteiger partial charge < -0.3 is 30.2 Å². The highest BCUT2D eigenvalue weighted by Crippen LogP contribution is 2.39. The molecule has 2 aromatic carbocycles. The van der Waals surface area contributed by atoms with Gasteiger partial charge in [-0.25, -0.2) is 0 Å². The molecule has 3 aromatic rings. The number of amides is 1. The van der Waals surface area contributed by atoms with Crippen molar-refractivity contribution in [2.24, 2.45) is 5.73 Å². The number of hydrogen-bond donors (Lipinski definition) is 4. The first kappa shape index (κ1) is 23.1.